The summed E-state index contributed by atoms with van der Waals surface area (Å²) in [5, 5.41) is 6.66. The number of aromatic amines is 1. The van der Waals surface area contributed by atoms with E-state index in [0.717, 1.165) is 56.5 Å². The Morgan fingerprint density at radius 3 is 2.57 bits per heavy atom. The van der Waals surface area contributed by atoms with Gasteiger partial charge in [0.2, 0.25) is 0 Å². The first-order valence-corrected chi connectivity index (χ1v) is 8.15. The molecule has 0 atom stereocenters. The van der Waals surface area contributed by atoms with Gasteiger partial charge in [-0.1, -0.05) is 12.1 Å². The average Bonchev–Trinajstić information content (AvgIpc) is 3.28. The normalized spacial score (nSPS) is 20.1. The van der Waals surface area contributed by atoms with Crippen molar-refractivity contribution in [2.75, 3.05) is 19.7 Å². The fraction of sp³-hybridized carbons (Fsp3) is 0.471. The lowest BCUT2D eigenvalue weighted by Crippen LogP contribution is -2.46. The number of ether oxygens (including phenoxy) is 1. The second kappa shape index (κ2) is 5.77. The lowest BCUT2D eigenvalue weighted by atomic mass is 9.88. The number of rotatable bonds is 2. The zero-order valence-electron chi connectivity index (χ0n) is 13.0. The van der Waals surface area contributed by atoms with E-state index in [2.05, 4.69) is 15.2 Å². The van der Waals surface area contributed by atoms with Gasteiger partial charge in [-0.2, -0.15) is 5.10 Å². The number of likely N-dealkylation sites (tertiary alicyclic amines) is 1. The van der Waals surface area contributed by atoms with Crippen LogP contribution in [0.25, 0.3) is 11.4 Å². The SMILES string of the molecule is O=C(c1ccc(-c2ncn[nH]2)cc1)N1CCC2(CCCO2)CC1. The Hall–Kier alpha value is -2.21. The van der Waals surface area contributed by atoms with Crippen LogP contribution in [-0.2, 0) is 4.74 Å². The van der Waals surface area contributed by atoms with Gasteiger partial charge in [0.1, 0.15) is 6.33 Å². The Balaban J connectivity index is 1.43. The summed E-state index contributed by atoms with van der Waals surface area (Å²) in [7, 11) is 0. The van der Waals surface area contributed by atoms with Crippen molar-refractivity contribution in [1.29, 1.82) is 0 Å². The number of amides is 1. The van der Waals surface area contributed by atoms with Crippen LogP contribution < -0.4 is 0 Å². The fourth-order valence-corrected chi connectivity index (χ4v) is 3.56. The molecule has 2 aliphatic heterocycles. The van der Waals surface area contributed by atoms with Crippen molar-refractivity contribution in [2.45, 2.75) is 31.3 Å². The third-order valence-electron chi connectivity index (χ3n) is 4.97. The van der Waals surface area contributed by atoms with Crippen LogP contribution in [0.15, 0.2) is 30.6 Å². The van der Waals surface area contributed by atoms with Gasteiger partial charge >= 0.3 is 0 Å². The zero-order chi connectivity index (χ0) is 15.7. The number of nitrogens with one attached hydrogen (secondary N) is 1. The summed E-state index contributed by atoms with van der Waals surface area (Å²) < 4.78 is 5.92. The van der Waals surface area contributed by atoms with Crippen molar-refractivity contribution < 1.29 is 9.53 Å². The van der Waals surface area contributed by atoms with Gasteiger partial charge in [0.05, 0.1) is 5.60 Å². The van der Waals surface area contributed by atoms with Gasteiger partial charge in [0, 0.05) is 30.8 Å². The molecule has 0 unspecified atom stereocenters. The number of H-pyrrole nitrogens is 1. The van der Waals surface area contributed by atoms with Gasteiger partial charge < -0.3 is 9.64 Å². The van der Waals surface area contributed by atoms with Crippen molar-refractivity contribution in [2.24, 2.45) is 0 Å². The lowest BCUT2D eigenvalue weighted by Gasteiger charge is -2.38. The van der Waals surface area contributed by atoms with E-state index in [-0.39, 0.29) is 11.5 Å². The van der Waals surface area contributed by atoms with Crippen molar-refractivity contribution in [3.05, 3.63) is 36.2 Å². The quantitative estimate of drug-likeness (QED) is 0.923. The number of carbonyl (C=O) groups excluding carboxylic acids is 1. The van der Waals surface area contributed by atoms with Crippen LogP contribution in [0.2, 0.25) is 0 Å². The number of hydrogen-bond acceptors (Lipinski definition) is 4. The third-order valence-corrected chi connectivity index (χ3v) is 4.97. The Labute approximate surface area is 134 Å². The van der Waals surface area contributed by atoms with Gasteiger partial charge in [0.15, 0.2) is 5.82 Å². The first kappa shape index (κ1) is 14.4. The summed E-state index contributed by atoms with van der Waals surface area (Å²) in [6.07, 6.45) is 5.67. The van der Waals surface area contributed by atoms with Crippen LogP contribution in [0.5, 0.6) is 0 Å². The van der Waals surface area contributed by atoms with E-state index in [1.54, 1.807) is 0 Å². The largest absolute Gasteiger partial charge is 0.375 e. The summed E-state index contributed by atoms with van der Waals surface area (Å²) in [6.45, 7) is 2.43. The molecule has 2 fully saturated rings. The Kier molecular flexibility index (Phi) is 3.61. The van der Waals surface area contributed by atoms with Gasteiger partial charge in [-0.3, -0.25) is 9.89 Å². The summed E-state index contributed by atoms with van der Waals surface area (Å²) in [4.78, 5) is 18.7. The third kappa shape index (κ3) is 2.74. The number of hydrogen-bond donors (Lipinski definition) is 1. The molecular weight excluding hydrogens is 292 g/mol. The highest BCUT2D eigenvalue weighted by atomic mass is 16.5. The van der Waals surface area contributed by atoms with Crippen LogP contribution in [0.1, 0.15) is 36.0 Å². The summed E-state index contributed by atoms with van der Waals surface area (Å²) in [6, 6.07) is 7.52. The minimum absolute atomic E-state index is 0.0485. The second-order valence-corrected chi connectivity index (χ2v) is 6.34. The van der Waals surface area contributed by atoms with Crippen LogP contribution >= 0.6 is 0 Å². The fourth-order valence-electron chi connectivity index (χ4n) is 3.56. The molecule has 2 aliphatic rings. The van der Waals surface area contributed by atoms with E-state index in [0.29, 0.717) is 5.82 Å². The van der Waals surface area contributed by atoms with Crippen LogP contribution in [-0.4, -0.2) is 51.3 Å². The van der Waals surface area contributed by atoms with Crippen LogP contribution in [0, 0.1) is 0 Å². The molecule has 0 aliphatic carbocycles. The molecule has 2 aromatic rings. The molecule has 4 rings (SSSR count). The minimum Gasteiger partial charge on any atom is -0.375 e. The van der Waals surface area contributed by atoms with Gasteiger partial charge in [0.25, 0.3) is 5.91 Å². The molecule has 1 aromatic carbocycles. The number of piperidine rings is 1. The van der Waals surface area contributed by atoms with E-state index in [9.17, 15) is 4.79 Å². The van der Waals surface area contributed by atoms with Gasteiger partial charge in [-0.15, -0.1) is 0 Å². The first-order valence-electron chi connectivity index (χ1n) is 8.15. The number of aromatic nitrogens is 3. The highest BCUT2D eigenvalue weighted by molar-refractivity contribution is 5.94. The number of carbonyl (C=O) groups is 1. The molecule has 1 amide bonds. The summed E-state index contributed by atoms with van der Waals surface area (Å²) in [5.41, 5.74) is 1.69. The van der Waals surface area contributed by atoms with Gasteiger partial charge in [-0.25, -0.2) is 4.98 Å². The van der Waals surface area contributed by atoms with Gasteiger partial charge in [-0.05, 0) is 37.8 Å². The van der Waals surface area contributed by atoms with E-state index < -0.39 is 0 Å². The minimum atomic E-state index is 0.0485. The topological polar surface area (TPSA) is 71.1 Å². The molecule has 1 aromatic heterocycles. The van der Waals surface area contributed by atoms with E-state index in [4.69, 9.17) is 4.74 Å². The summed E-state index contributed by atoms with van der Waals surface area (Å²) >= 11 is 0. The average molecular weight is 312 g/mol. The molecule has 0 saturated carbocycles. The molecule has 0 bridgehead atoms. The molecule has 0 radical (unpaired) electrons. The highest BCUT2D eigenvalue weighted by Gasteiger charge is 2.39. The molecule has 2 saturated heterocycles. The van der Waals surface area contributed by atoms with E-state index >= 15 is 0 Å². The Morgan fingerprint density at radius 1 is 1.17 bits per heavy atom. The van der Waals surface area contributed by atoms with E-state index in [1.165, 1.54) is 6.33 Å². The Bertz CT molecular complexity index is 665. The maximum absolute atomic E-state index is 12.7. The maximum atomic E-state index is 12.7. The lowest BCUT2D eigenvalue weighted by molar-refractivity contribution is -0.0387. The van der Waals surface area contributed by atoms with Crippen LogP contribution in [0.4, 0.5) is 0 Å². The van der Waals surface area contributed by atoms with E-state index in [1.807, 2.05) is 29.2 Å². The summed E-state index contributed by atoms with van der Waals surface area (Å²) in [5.74, 6) is 0.810. The number of benzene rings is 1. The molecular formula is C17H20N4O2. The zero-order valence-corrected chi connectivity index (χ0v) is 13.0. The Morgan fingerprint density at radius 2 is 1.96 bits per heavy atom. The predicted octanol–water partition coefficient (Wildman–Crippen LogP) is 2.26. The van der Waals surface area contributed by atoms with Crippen molar-refractivity contribution >= 4 is 5.91 Å². The molecule has 6 heteroatoms. The van der Waals surface area contributed by atoms with Crippen molar-refractivity contribution in [3.63, 3.8) is 0 Å². The molecule has 1 N–H and O–H groups in total. The molecule has 6 nitrogen and oxygen atoms in total. The molecule has 3 heterocycles. The monoisotopic (exact) mass is 312 g/mol. The standard InChI is InChI=1S/C17H20N4O2/c22-16(21-9-7-17(8-10-21)6-1-11-23-17)14-4-2-13(3-5-14)15-18-12-19-20-15/h2-5,12H,1,6-11H2,(H,18,19,20). The highest BCUT2D eigenvalue weighted by Crippen LogP contribution is 2.35. The van der Waals surface area contributed by atoms with Crippen molar-refractivity contribution in [3.8, 4) is 11.4 Å². The smallest absolute Gasteiger partial charge is 0.253 e. The van der Waals surface area contributed by atoms with Crippen LogP contribution in [0.3, 0.4) is 0 Å². The van der Waals surface area contributed by atoms with Crippen molar-refractivity contribution in [1.82, 2.24) is 20.1 Å². The second-order valence-electron chi connectivity index (χ2n) is 6.34. The number of nitrogens with zero attached hydrogens (tertiary/aromatic N) is 3. The maximum Gasteiger partial charge on any atom is 0.253 e. The molecule has 1 spiro atoms. The molecule has 23 heavy (non-hydrogen) atoms. The molecule has 120 valence electrons. The predicted molar refractivity (Wildman–Crippen MR) is 84.9 cm³/mol. The first-order chi connectivity index (χ1) is 11.3.